The minimum absolute atomic E-state index is 0.0622. The van der Waals surface area contributed by atoms with Gasteiger partial charge in [0.25, 0.3) is 11.8 Å². The summed E-state index contributed by atoms with van der Waals surface area (Å²) in [4.78, 5) is 50.7. The van der Waals surface area contributed by atoms with Gasteiger partial charge in [-0.25, -0.2) is 4.79 Å². The summed E-state index contributed by atoms with van der Waals surface area (Å²) >= 11 is 0. The molecule has 0 spiro atoms. The highest BCUT2D eigenvalue weighted by Gasteiger charge is 2.48. The second-order valence-corrected chi connectivity index (χ2v) is 7.18. The molecule has 0 bridgehead atoms. The van der Waals surface area contributed by atoms with Crippen molar-refractivity contribution in [1.82, 2.24) is 26.0 Å². The third-order valence-electron chi connectivity index (χ3n) is 4.81. The Bertz CT molecular complexity index is 754. The van der Waals surface area contributed by atoms with Crippen LogP contribution in [0.15, 0.2) is 30.3 Å². The van der Waals surface area contributed by atoms with Gasteiger partial charge in [-0.3, -0.25) is 24.7 Å². The predicted octanol–water partition coefficient (Wildman–Crippen LogP) is 0.419. The zero-order valence-electron chi connectivity index (χ0n) is 17.2. The van der Waals surface area contributed by atoms with E-state index in [0.717, 1.165) is 10.6 Å². The van der Waals surface area contributed by atoms with Crippen molar-refractivity contribution in [3.8, 4) is 0 Å². The molecule has 1 aliphatic heterocycles. The Morgan fingerprint density at radius 3 is 2.38 bits per heavy atom. The number of urea groups is 1. The molecule has 9 nitrogen and oxygen atoms in total. The Labute approximate surface area is 170 Å². The lowest BCUT2D eigenvalue weighted by atomic mass is 9.93. The Kier molecular flexibility index (Phi) is 7.72. The summed E-state index contributed by atoms with van der Waals surface area (Å²) in [6.07, 6.45) is 1.02. The van der Waals surface area contributed by atoms with Gasteiger partial charge in [-0.05, 0) is 38.8 Å². The molecular formula is C20H29N5O4. The second-order valence-electron chi connectivity index (χ2n) is 7.18. The van der Waals surface area contributed by atoms with Crippen LogP contribution < -0.4 is 16.1 Å². The fourth-order valence-electron chi connectivity index (χ4n) is 3.09. The average molecular weight is 403 g/mol. The fourth-order valence-corrected chi connectivity index (χ4v) is 3.09. The number of carbonyl (C=O) groups is 4. The molecule has 9 heteroatoms. The van der Waals surface area contributed by atoms with E-state index in [-0.39, 0.29) is 19.0 Å². The maximum Gasteiger partial charge on any atom is 0.344 e. The SMILES string of the molecule is CCNC(=O)CN(CC)CC(=O)NN1C(=O)NC(C)(CCc2ccccc2)C1=O. The summed E-state index contributed by atoms with van der Waals surface area (Å²) in [5.41, 5.74) is 2.33. The third kappa shape index (κ3) is 6.02. The normalized spacial score (nSPS) is 18.7. The number of carbonyl (C=O) groups excluding carboxylic acids is 4. The molecule has 1 fully saturated rings. The molecule has 158 valence electrons. The Morgan fingerprint density at radius 2 is 1.76 bits per heavy atom. The van der Waals surface area contributed by atoms with Crippen LogP contribution in [0.2, 0.25) is 0 Å². The molecule has 0 saturated carbocycles. The zero-order valence-corrected chi connectivity index (χ0v) is 17.2. The summed E-state index contributed by atoms with van der Waals surface area (Å²) < 4.78 is 0. The van der Waals surface area contributed by atoms with E-state index in [0.29, 0.717) is 25.9 Å². The summed E-state index contributed by atoms with van der Waals surface area (Å²) in [5.74, 6) is -1.23. The number of benzene rings is 1. The molecule has 0 aliphatic carbocycles. The molecule has 29 heavy (non-hydrogen) atoms. The van der Waals surface area contributed by atoms with Crippen LogP contribution in [0.25, 0.3) is 0 Å². The quantitative estimate of drug-likeness (QED) is 0.491. The molecule has 1 heterocycles. The van der Waals surface area contributed by atoms with Crippen LogP contribution in [0, 0.1) is 0 Å². The molecule has 1 aromatic carbocycles. The Hall–Kier alpha value is -2.94. The van der Waals surface area contributed by atoms with E-state index in [1.165, 1.54) is 0 Å². The first-order chi connectivity index (χ1) is 13.8. The molecule has 3 N–H and O–H groups in total. The minimum atomic E-state index is -1.09. The highest BCUT2D eigenvalue weighted by molar-refractivity contribution is 6.07. The van der Waals surface area contributed by atoms with E-state index in [2.05, 4.69) is 16.1 Å². The molecule has 2 rings (SSSR count). The van der Waals surface area contributed by atoms with Gasteiger partial charge in [-0.2, -0.15) is 5.01 Å². The number of likely N-dealkylation sites (N-methyl/N-ethyl adjacent to an activating group) is 2. The summed E-state index contributed by atoms with van der Waals surface area (Å²) in [5, 5.41) is 6.06. The number of nitrogens with zero attached hydrogens (tertiary/aromatic N) is 2. The number of imide groups is 1. The summed E-state index contributed by atoms with van der Waals surface area (Å²) in [6, 6.07) is 9.00. The first kappa shape index (κ1) is 22.4. The van der Waals surface area contributed by atoms with Crippen molar-refractivity contribution in [2.45, 2.75) is 39.2 Å². The van der Waals surface area contributed by atoms with E-state index >= 15 is 0 Å². The average Bonchev–Trinajstić information content (AvgIpc) is 2.90. The topological polar surface area (TPSA) is 111 Å². The Morgan fingerprint density at radius 1 is 1.10 bits per heavy atom. The number of hydrogen-bond acceptors (Lipinski definition) is 5. The van der Waals surface area contributed by atoms with Gasteiger partial charge < -0.3 is 10.6 Å². The van der Waals surface area contributed by atoms with Crippen LogP contribution in [0.3, 0.4) is 0 Å². The van der Waals surface area contributed by atoms with Crippen LogP contribution in [-0.4, -0.2) is 65.4 Å². The maximum absolute atomic E-state index is 12.8. The van der Waals surface area contributed by atoms with Crippen molar-refractivity contribution in [3.05, 3.63) is 35.9 Å². The lowest BCUT2D eigenvalue weighted by Gasteiger charge is -2.23. The van der Waals surface area contributed by atoms with Crippen LogP contribution in [-0.2, 0) is 20.8 Å². The van der Waals surface area contributed by atoms with Gasteiger partial charge in [0, 0.05) is 6.54 Å². The largest absolute Gasteiger partial charge is 0.355 e. The number of hydrogen-bond donors (Lipinski definition) is 3. The number of hydrazine groups is 1. The first-order valence-electron chi connectivity index (χ1n) is 9.78. The van der Waals surface area contributed by atoms with Crippen LogP contribution in [0.5, 0.6) is 0 Å². The van der Waals surface area contributed by atoms with E-state index in [1.54, 1.807) is 11.8 Å². The second kappa shape index (κ2) is 10.0. The third-order valence-corrected chi connectivity index (χ3v) is 4.81. The van der Waals surface area contributed by atoms with E-state index in [4.69, 9.17) is 0 Å². The number of nitrogens with one attached hydrogen (secondary N) is 3. The molecule has 1 aliphatic rings. The summed E-state index contributed by atoms with van der Waals surface area (Å²) in [7, 11) is 0. The van der Waals surface area contributed by atoms with Crippen molar-refractivity contribution in [2.24, 2.45) is 0 Å². The number of rotatable bonds is 10. The van der Waals surface area contributed by atoms with Crippen LogP contribution in [0.4, 0.5) is 4.79 Å². The lowest BCUT2D eigenvalue weighted by Crippen LogP contribution is -2.52. The van der Waals surface area contributed by atoms with Gasteiger partial charge in [0.05, 0.1) is 13.1 Å². The van der Waals surface area contributed by atoms with E-state index < -0.39 is 23.4 Å². The molecule has 1 unspecified atom stereocenters. The number of aryl methyl sites for hydroxylation is 1. The van der Waals surface area contributed by atoms with Crippen molar-refractivity contribution in [2.75, 3.05) is 26.2 Å². The molecule has 1 saturated heterocycles. The Balaban J connectivity index is 1.92. The highest BCUT2D eigenvalue weighted by atomic mass is 16.2. The lowest BCUT2D eigenvalue weighted by molar-refractivity contribution is -0.139. The smallest absolute Gasteiger partial charge is 0.344 e. The van der Waals surface area contributed by atoms with Crippen molar-refractivity contribution < 1.29 is 19.2 Å². The molecule has 1 atom stereocenters. The van der Waals surface area contributed by atoms with Crippen molar-refractivity contribution in [3.63, 3.8) is 0 Å². The standard InChI is InChI=1S/C20H29N5O4/c1-4-21-16(26)13-24(5-2)14-17(27)23-25-18(28)20(3,22-19(25)29)12-11-15-9-7-6-8-10-15/h6-10H,4-5,11-14H2,1-3H3,(H,21,26)(H,22,29)(H,23,27). The minimum Gasteiger partial charge on any atom is -0.355 e. The van der Waals surface area contributed by atoms with Gasteiger partial charge in [-0.1, -0.05) is 37.3 Å². The first-order valence-corrected chi connectivity index (χ1v) is 9.78. The maximum atomic E-state index is 12.8. The zero-order chi connectivity index (χ0) is 21.4. The van der Waals surface area contributed by atoms with Gasteiger partial charge in [0.1, 0.15) is 5.54 Å². The van der Waals surface area contributed by atoms with Gasteiger partial charge in [-0.15, -0.1) is 0 Å². The highest BCUT2D eigenvalue weighted by Crippen LogP contribution is 2.22. The van der Waals surface area contributed by atoms with Gasteiger partial charge in [0.15, 0.2) is 0 Å². The fraction of sp³-hybridized carbons (Fsp3) is 0.500. The monoisotopic (exact) mass is 403 g/mol. The van der Waals surface area contributed by atoms with Crippen LogP contribution in [0.1, 0.15) is 32.8 Å². The molecular weight excluding hydrogens is 374 g/mol. The van der Waals surface area contributed by atoms with Crippen LogP contribution >= 0.6 is 0 Å². The van der Waals surface area contributed by atoms with Gasteiger partial charge in [0.2, 0.25) is 5.91 Å². The molecule has 5 amide bonds. The van der Waals surface area contributed by atoms with E-state index in [1.807, 2.05) is 44.2 Å². The number of amides is 5. The van der Waals surface area contributed by atoms with Crippen molar-refractivity contribution in [1.29, 1.82) is 0 Å². The van der Waals surface area contributed by atoms with Crippen molar-refractivity contribution >= 4 is 23.8 Å². The summed E-state index contributed by atoms with van der Waals surface area (Å²) in [6.45, 7) is 6.22. The van der Waals surface area contributed by atoms with E-state index in [9.17, 15) is 19.2 Å². The molecule has 0 radical (unpaired) electrons. The molecule has 1 aromatic rings. The van der Waals surface area contributed by atoms with Gasteiger partial charge >= 0.3 is 6.03 Å². The molecule has 0 aromatic heterocycles. The predicted molar refractivity (Wildman–Crippen MR) is 107 cm³/mol.